The number of benzene rings is 2. The summed E-state index contributed by atoms with van der Waals surface area (Å²) in [6.07, 6.45) is -4.72. The second-order valence-electron chi connectivity index (χ2n) is 6.70. The molecule has 154 valence electrons. The largest absolute Gasteiger partial charge is 0.493 e. The summed E-state index contributed by atoms with van der Waals surface area (Å²) < 4.78 is 60.9. The lowest BCUT2D eigenvalue weighted by atomic mass is 9.90. The summed E-state index contributed by atoms with van der Waals surface area (Å²) in [5.74, 6) is 0.0241. The lowest BCUT2D eigenvalue weighted by Gasteiger charge is -2.29. The predicted octanol–water partition coefficient (Wildman–Crippen LogP) is 3.55. The number of hydrogen-bond acceptors (Lipinski definition) is 5. The fraction of sp³-hybridized carbons (Fsp3) is 0.350. The van der Waals surface area contributed by atoms with Crippen LogP contribution in [-0.4, -0.2) is 44.5 Å². The normalized spacial score (nSPS) is 15.1. The smallest absolute Gasteiger partial charge is 0.471 e. The average molecular weight is 409 g/mol. The molecule has 0 fully saturated rings. The van der Waals surface area contributed by atoms with Gasteiger partial charge in [0.05, 0.1) is 14.2 Å². The maximum Gasteiger partial charge on any atom is 0.471 e. The van der Waals surface area contributed by atoms with Gasteiger partial charge in [0.1, 0.15) is 0 Å². The van der Waals surface area contributed by atoms with E-state index in [0.29, 0.717) is 34.1 Å². The van der Waals surface area contributed by atoms with Gasteiger partial charge in [0, 0.05) is 13.1 Å². The molecule has 0 bridgehead atoms. The van der Waals surface area contributed by atoms with Crippen LogP contribution < -0.4 is 18.9 Å². The van der Waals surface area contributed by atoms with E-state index in [1.807, 2.05) is 0 Å². The van der Waals surface area contributed by atoms with Crippen LogP contribution in [-0.2, 0) is 17.8 Å². The molecule has 9 heteroatoms. The van der Waals surface area contributed by atoms with Crippen LogP contribution in [0.25, 0.3) is 11.1 Å². The highest BCUT2D eigenvalue weighted by Crippen LogP contribution is 2.44. The molecule has 2 aliphatic heterocycles. The van der Waals surface area contributed by atoms with Crippen molar-refractivity contribution in [3.8, 4) is 34.1 Å². The number of alkyl halides is 3. The van der Waals surface area contributed by atoms with E-state index in [9.17, 15) is 18.0 Å². The Morgan fingerprint density at radius 1 is 0.966 bits per heavy atom. The molecule has 0 saturated carbocycles. The van der Waals surface area contributed by atoms with Crippen molar-refractivity contribution in [3.63, 3.8) is 0 Å². The van der Waals surface area contributed by atoms with Crippen molar-refractivity contribution in [2.75, 3.05) is 27.6 Å². The monoisotopic (exact) mass is 409 g/mol. The second kappa shape index (κ2) is 7.06. The fourth-order valence-electron chi connectivity index (χ4n) is 3.64. The molecule has 6 nitrogen and oxygen atoms in total. The van der Waals surface area contributed by atoms with Gasteiger partial charge >= 0.3 is 12.1 Å². The van der Waals surface area contributed by atoms with Crippen LogP contribution in [0.1, 0.15) is 11.1 Å². The van der Waals surface area contributed by atoms with Crippen LogP contribution in [0.3, 0.4) is 0 Å². The summed E-state index contributed by atoms with van der Waals surface area (Å²) in [6, 6.07) is 6.87. The van der Waals surface area contributed by atoms with Crippen LogP contribution in [0.2, 0.25) is 0 Å². The number of carbonyl (C=O) groups is 1. The SMILES string of the molecule is COc1cc2c(cc1OC)-c1cc3c(cc1CN(C(=O)C(F)(F)F)CC2)OCO3. The Balaban J connectivity index is 1.89. The molecule has 2 aromatic rings. The highest BCUT2D eigenvalue weighted by Gasteiger charge is 2.43. The van der Waals surface area contributed by atoms with Crippen LogP contribution in [0.4, 0.5) is 13.2 Å². The van der Waals surface area contributed by atoms with Gasteiger partial charge in [-0.15, -0.1) is 0 Å². The summed E-state index contributed by atoms with van der Waals surface area (Å²) in [5.41, 5.74) is 2.71. The molecule has 0 aliphatic carbocycles. The fourth-order valence-corrected chi connectivity index (χ4v) is 3.64. The number of rotatable bonds is 2. The first kappa shape index (κ1) is 19.2. The number of methoxy groups -OCH3 is 2. The Hall–Kier alpha value is -3.10. The number of fused-ring (bicyclic) bond motifs is 4. The first-order chi connectivity index (χ1) is 13.8. The molecule has 2 aromatic carbocycles. The van der Waals surface area contributed by atoms with Crippen molar-refractivity contribution in [1.82, 2.24) is 4.90 Å². The van der Waals surface area contributed by atoms with Crippen molar-refractivity contribution >= 4 is 5.91 Å². The van der Waals surface area contributed by atoms with Gasteiger partial charge in [-0.3, -0.25) is 4.79 Å². The van der Waals surface area contributed by atoms with E-state index in [1.54, 1.807) is 24.3 Å². The maximum atomic E-state index is 13.1. The highest BCUT2D eigenvalue weighted by atomic mass is 19.4. The van der Waals surface area contributed by atoms with Crippen LogP contribution in [0.15, 0.2) is 24.3 Å². The summed E-state index contributed by atoms with van der Waals surface area (Å²) in [4.78, 5) is 12.8. The van der Waals surface area contributed by atoms with Gasteiger partial charge in [-0.2, -0.15) is 13.2 Å². The van der Waals surface area contributed by atoms with E-state index in [-0.39, 0.29) is 26.3 Å². The van der Waals surface area contributed by atoms with Crippen molar-refractivity contribution < 1.29 is 36.9 Å². The number of carbonyl (C=O) groups excluding carboxylic acids is 1. The van der Waals surface area contributed by atoms with Gasteiger partial charge in [-0.1, -0.05) is 0 Å². The Kier molecular flexibility index (Phi) is 4.68. The van der Waals surface area contributed by atoms with Gasteiger partial charge < -0.3 is 23.8 Å². The van der Waals surface area contributed by atoms with Gasteiger partial charge in [0.15, 0.2) is 23.0 Å². The number of halogens is 3. The number of nitrogens with zero attached hydrogens (tertiary/aromatic N) is 1. The van der Waals surface area contributed by atoms with Crippen molar-refractivity contribution in [3.05, 3.63) is 35.4 Å². The Labute approximate surface area is 164 Å². The quantitative estimate of drug-likeness (QED) is 0.760. The molecule has 0 saturated heterocycles. The van der Waals surface area contributed by atoms with Crippen molar-refractivity contribution in [1.29, 1.82) is 0 Å². The maximum absolute atomic E-state index is 13.1. The number of amides is 1. The molecule has 0 aromatic heterocycles. The second-order valence-corrected chi connectivity index (χ2v) is 6.70. The van der Waals surface area contributed by atoms with E-state index in [2.05, 4.69) is 0 Å². The Bertz CT molecular complexity index is 974. The van der Waals surface area contributed by atoms with E-state index in [4.69, 9.17) is 18.9 Å². The highest BCUT2D eigenvalue weighted by molar-refractivity contribution is 5.83. The Morgan fingerprint density at radius 2 is 1.59 bits per heavy atom. The third kappa shape index (κ3) is 3.41. The molecule has 0 spiro atoms. The van der Waals surface area contributed by atoms with Crippen LogP contribution in [0.5, 0.6) is 23.0 Å². The van der Waals surface area contributed by atoms with Gasteiger partial charge in [-0.05, 0) is 52.9 Å². The van der Waals surface area contributed by atoms with Gasteiger partial charge in [0.2, 0.25) is 6.79 Å². The molecular weight excluding hydrogens is 391 g/mol. The molecule has 0 N–H and O–H groups in total. The van der Waals surface area contributed by atoms with E-state index in [0.717, 1.165) is 16.0 Å². The summed E-state index contributed by atoms with van der Waals surface area (Å²) in [6.45, 7) is -0.255. The summed E-state index contributed by atoms with van der Waals surface area (Å²) in [7, 11) is 3.00. The molecule has 4 rings (SSSR count). The van der Waals surface area contributed by atoms with E-state index in [1.165, 1.54) is 14.2 Å². The lowest BCUT2D eigenvalue weighted by molar-refractivity contribution is -0.186. The van der Waals surface area contributed by atoms with Crippen molar-refractivity contribution in [2.24, 2.45) is 0 Å². The Morgan fingerprint density at radius 3 is 2.24 bits per heavy atom. The average Bonchev–Trinajstić information content (AvgIpc) is 3.14. The molecule has 2 heterocycles. The minimum Gasteiger partial charge on any atom is -0.493 e. The molecule has 0 radical (unpaired) electrons. The minimum absolute atomic E-state index is 0.0300. The zero-order chi connectivity index (χ0) is 20.8. The third-order valence-corrected chi connectivity index (χ3v) is 5.04. The predicted molar refractivity (Wildman–Crippen MR) is 96.3 cm³/mol. The summed E-state index contributed by atoms with van der Waals surface area (Å²) in [5, 5.41) is 0. The van der Waals surface area contributed by atoms with Gasteiger partial charge in [-0.25, -0.2) is 0 Å². The lowest BCUT2D eigenvalue weighted by Crippen LogP contribution is -2.42. The van der Waals surface area contributed by atoms with Gasteiger partial charge in [0.25, 0.3) is 0 Å². The standard InChI is InChI=1S/C20H18F3NO5/c1-26-15-5-11-3-4-24(19(25)20(21,22)23)9-12-6-17-18(29-10-28-17)8-14(12)13(11)7-16(15)27-2/h5-8H,3-4,9-10H2,1-2H3. The van der Waals surface area contributed by atoms with Crippen LogP contribution in [0, 0.1) is 0 Å². The first-order valence-corrected chi connectivity index (χ1v) is 8.85. The molecule has 0 unspecified atom stereocenters. The molecule has 29 heavy (non-hydrogen) atoms. The minimum atomic E-state index is -4.95. The van der Waals surface area contributed by atoms with Crippen LogP contribution >= 0.6 is 0 Å². The van der Waals surface area contributed by atoms with E-state index >= 15 is 0 Å². The summed E-state index contributed by atoms with van der Waals surface area (Å²) >= 11 is 0. The third-order valence-electron chi connectivity index (χ3n) is 5.04. The molecule has 2 aliphatic rings. The number of hydrogen-bond donors (Lipinski definition) is 0. The zero-order valence-electron chi connectivity index (χ0n) is 15.8. The molecule has 1 amide bonds. The first-order valence-electron chi connectivity index (χ1n) is 8.85. The van der Waals surface area contributed by atoms with Crippen molar-refractivity contribution in [2.45, 2.75) is 19.1 Å². The topological polar surface area (TPSA) is 57.2 Å². The van der Waals surface area contributed by atoms with E-state index < -0.39 is 12.1 Å². The molecule has 0 atom stereocenters. The molecular formula is C20H18F3NO5. The number of ether oxygens (including phenoxy) is 4. The zero-order valence-corrected chi connectivity index (χ0v) is 15.8.